The van der Waals surface area contributed by atoms with Crippen LogP contribution >= 0.6 is 0 Å². The molecule has 0 spiro atoms. The molecule has 3 atom stereocenters. The van der Waals surface area contributed by atoms with Crippen molar-refractivity contribution in [1.29, 1.82) is 0 Å². The Morgan fingerprint density at radius 1 is 1.06 bits per heavy atom. The summed E-state index contributed by atoms with van der Waals surface area (Å²) in [5.41, 5.74) is 4.60. The lowest BCUT2D eigenvalue weighted by atomic mass is 9.90. The number of carbonyl (C=O) groups is 3. The van der Waals surface area contributed by atoms with Crippen LogP contribution in [0.3, 0.4) is 0 Å². The number of amides is 2. The average Bonchev–Trinajstić information content (AvgIpc) is 3.16. The molecule has 0 aromatic heterocycles. The van der Waals surface area contributed by atoms with E-state index in [1.165, 1.54) is 7.11 Å². The van der Waals surface area contributed by atoms with E-state index in [2.05, 4.69) is 34.9 Å². The summed E-state index contributed by atoms with van der Waals surface area (Å²) in [4.78, 5) is 36.1. The SMILES string of the molecule is COC(CNC(=O)[C@@H]1CC=C[C@@H](NC(=O)OCC2c3ccccc3-c3ccccc32)C1)C(=O)O. The lowest BCUT2D eigenvalue weighted by Gasteiger charge is -2.25. The van der Waals surface area contributed by atoms with Crippen molar-refractivity contribution in [3.63, 3.8) is 0 Å². The summed E-state index contributed by atoms with van der Waals surface area (Å²) in [6.07, 6.45) is 2.96. The highest BCUT2D eigenvalue weighted by molar-refractivity contribution is 5.81. The monoisotopic (exact) mass is 464 g/mol. The smallest absolute Gasteiger partial charge is 0.407 e. The second kappa shape index (κ2) is 10.5. The molecule has 0 radical (unpaired) electrons. The van der Waals surface area contributed by atoms with Gasteiger partial charge in [0.1, 0.15) is 6.61 Å². The van der Waals surface area contributed by atoms with Gasteiger partial charge in [-0.15, -0.1) is 0 Å². The number of rotatable bonds is 8. The van der Waals surface area contributed by atoms with Crippen molar-refractivity contribution < 1.29 is 29.0 Å². The predicted octanol–water partition coefficient (Wildman–Crippen LogP) is 3.08. The van der Waals surface area contributed by atoms with Crippen LogP contribution in [0.5, 0.6) is 0 Å². The molecule has 2 aliphatic carbocycles. The Morgan fingerprint density at radius 3 is 2.32 bits per heavy atom. The van der Waals surface area contributed by atoms with E-state index in [-0.39, 0.29) is 36.9 Å². The Balaban J connectivity index is 1.30. The van der Waals surface area contributed by atoms with Crippen molar-refractivity contribution in [3.8, 4) is 11.1 Å². The van der Waals surface area contributed by atoms with Crippen LogP contribution in [0, 0.1) is 5.92 Å². The molecule has 0 fully saturated rings. The van der Waals surface area contributed by atoms with Crippen LogP contribution in [0.4, 0.5) is 4.79 Å². The quantitative estimate of drug-likeness (QED) is 0.518. The fourth-order valence-electron chi connectivity index (χ4n) is 4.61. The van der Waals surface area contributed by atoms with E-state index >= 15 is 0 Å². The number of hydrogen-bond donors (Lipinski definition) is 3. The number of alkyl carbamates (subject to hydrolysis) is 1. The standard InChI is InChI=1S/C26H28N2O6/c1-33-23(25(30)31)14-27-24(29)16-7-6-8-17(13-16)28-26(32)34-15-22-20-11-4-2-9-18(20)19-10-3-5-12-21(19)22/h2-6,8-12,16-17,22-23H,7,13-15H2,1H3,(H,27,29)(H,28,32)(H,30,31)/t16-,17-,23?/m1/s1. The molecular weight excluding hydrogens is 436 g/mol. The van der Waals surface area contributed by atoms with E-state index in [4.69, 9.17) is 14.6 Å². The number of carboxylic acid groups (broad SMARTS) is 1. The van der Waals surface area contributed by atoms with Crippen molar-refractivity contribution in [2.75, 3.05) is 20.3 Å². The van der Waals surface area contributed by atoms with Gasteiger partial charge in [0, 0.05) is 18.9 Å². The molecule has 178 valence electrons. The number of hydrogen-bond acceptors (Lipinski definition) is 5. The van der Waals surface area contributed by atoms with E-state index in [0.29, 0.717) is 12.8 Å². The number of allylic oxidation sites excluding steroid dienone is 1. The molecule has 2 aromatic carbocycles. The normalized spacial score (nSPS) is 19.6. The van der Waals surface area contributed by atoms with Gasteiger partial charge < -0.3 is 25.2 Å². The van der Waals surface area contributed by atoms with Gasteiger partial charge in [-0.2, -0.15) is 0 Å². The average molecular weight is 465 g/mol. The van der Waals surface area contributed by atoms with E-state index in [9.17, 15) is 14.4 Å². The van der Waals surface area contributed by atoms with Gasteiger partial charge in [0.25, 0.3) is 0 Å². The molecule has 4 rings (SSSR count). The van der Waals surface area contributed by atoms with Crippen molar-refractivity contribution >= 4 is 18.0 Å². The first-order valence-electron chi connectivity index (χ1n) is 11.3. The van der Waals surface area contributed by atoms with Gasteiger partial charge >= 0.3 is 12.1 Å². The molecule has 0 heterocycles. The molecule has 0 bridgehead atoms. The molecule has 2 aromatic rings. The second-order valence-electron chi connectivity index (χ2n) is 8.48. The summed E-state index contributed by atoms with van der Waals surface area (Å²) in [7, 11) is 1.28. The largest absolute Gasteiger partial charge is 0.479 e. The number of aliphatic carboxylic acids is 1. The third-order valence-corrected chi connectivity index (χ3v) is 6.37. The molecule has 0 aliphatic heterocycles. The summed E-state index contributed by atoms with van der Waals surface area (Å²) in [5.74, 6) is -1.81. The highest BCUT2D eigenvalue weighted by atomic mass is 16.5. The van der Waals surface area contributed by atoms with Gasteiger partial charge in [-0.25, -0.2) is 9.59 Å². The Morgan fingerprint density at radius 2 is 1.71 bits per heavy atom. The summed E-state index contributed by atoms with van der Waals surface area (Å²) < 4.78 is 10.4. The van der Waals surface area contributed by atoms with Crippen LogP contribution in [0.15, 0.2) is 60.7 Å². The Hall–Kier alpha value is -3.65. The summed E-state index contributed by atoms with van der Waals surface area (Å²) >= 11 is 0. The van der Waals surface area contributed by atoms with Crippen LogP contribution in [-0.2, 0) is 19.1 Å². The lowest BCUT2D eigenvalue weighted by molar-refractivity contribution is -0.148. The van der Waals surface area contributed by atoms with Gasteiger partial charge in [0.2, 0.25) is 5.91 Å². The number of methoxy groups -OCH3 is 1. The maximum Gasteiger partial charge on any atom is 0.407 e. The molecule has 1 unspecified atom stereocenters. The number of fused-ring (bicyclic) bond motifs is 3. The van der Waals surface area contributed by atoms with Crippen LogP contribution < -0.4 is 10.6 Å². The van der Waals surface area contributed by atoms with Crippen LogP contribution in [-0.4, -0.2) is 55.5 Å². The van der Waals surface area contributed by atoms with Crippen molar-refractivity contribution in [2.24, 2.45) is 5.92 Å². The first kappa shape index (κ1) is 23.5. The van der Waals surface area contributed by atoms with Gasteiger partial charge in [-0.05, 0) is 35.1 Å². The van der Waals surface area contributed by atoms with Crippen molar-refractivity contribution in [1.82, 2.24) is 10.6 Å². The molecule has 0 saturated heterocycles. The fourth-order valence-corrected chi connectivity index (χ4v) is 4.61. The highest BCUT2D eigenvalue weighted by Gasteiger charge is 2.30. The van der Waals surface area contributed by atoms with E-state index in [1.807, 2.05) is 36.4 Å². The van der Waals surface area contributed by atoms with Gasteiger partial charge in [0.15, 0.2) is 6.10 Å². The van der Waals surface area contributed by atoms with Crippen LogP contribution in [0.25, 0.3) is 11.1 Å². The number of benzene rings is 2. The van der Waals surface area contributed by atoms with Crippen LogP contribution in [0.2, 0.25) is 0 Å². The maximum absolute atomic E-state index is 12.5. The number of nitrogens with one attached hydrogen (secondary N) is 2. The third-order valence-electron chi connectivity index (χ3n) is 6.37. The molecule has 2 aliphatic rings. The number of carboxylic acids is 1. The number of ether oxygens (including phenoxy) is 2. The molecule has 2 amide bonds. The van der Waals surface area contributed by atoms with E-state index in [0.717, 1.165) is 22.3 Å². The van der Waals surface area contributed by atoms with Gasteiger partial charge in [-0.3, -0.25) is 4.79 Å². The molecule has 8 heteroatoms. The zero-order chi connectivity index (χ0) is 24.1. The molecular formula is C26H28N2O6. The first-order valence-corrected chi connectivity index (χ1v) is 11.3. The molecule has 8 nitrogen and oxygen atoms in total. The Labute approximate surface area is 198 Å². The minimum Gasteiger partial charge on any atom is -0.479 e. The Bertz CT molecular complexity index is 1050. The third kappa shape index (κ3) is 5.12. The topological polar surface area (TPSA) is 114 Å². The van der Waals surface area contributed by atoms with E-state index in [1.54, 1.807) is 0 Å². The van der Waals surface area contributed by atoms with Gasteiger partial charge in [-0.1, -0.05) is 60.7 Å². The zero-order valence-corrected chi connectivity index (χ0v) is 18.9. The van der Waals surface area contributed by atoms with Crippen molar-refractivity contribution in [3.05, 3.63) is 71.8 Å². The van der Waals surface area contributed by atoms with Gasteiger partial charge in [0.05, 0.1) is 12.6 Å². The minimum absolute atomic E-state index is 0.0264. The van der Waals surface area contributed by atoms with Crippen LogP contribution in [0.1, 0.15) is 29.9 Å². The first-order chi connectivity index (χ1) is 16.5. The minimum atomic E-state index is -1.14. The fraction of sp³-hybridized carbons (Fsp3) is 0.346. The van der Waals surface area contributed by atoms with E-state index < -0.39 is 18.2 Å². The lowest BCUT2D eigenvalue weighted by Crippen LogP contribution is -2.44. The maximum atomic E-state index is 12.5. The Kier molecular flexibility index (Phi) is 7.27. The summed E-state index contributed by atoms with van der Waals surface area (Å²) in [5, 5.41) is 14.5. The summed E-state index contributed by atoms with van der Waals surface area (Å²) in [6, 6.07) is 15.9. The molecule has 0 saturated carbocycles. The molecule has 34 heavy (non-hydrogen) atoms. The second-order valence-corrected chi connectivity index (χ2v) is 8.48. The molecule has 3 N–H and O–H groups in total. The number of carbonyl (C=O) groups excluding carboxylic acids is 2. The summed E-state index contributed by atoms with van der Waals surface area (Å²) in [6.45, 7) is 0.100. The zero-order valence-electron chi connectivity index (χ0n) is 18.9. The highest BCUT2D eigenvalue weighted by Crippen LogP contribution is 2.44. The van der Waals surface area contributed by atoms with Crippen molar-refractivity contribution in [2.45, 2.75) is 30.9 Å². The predicted molar refractivity (Wildman–Crippen MR) is 125 cm³/mol.